The van der Waals surface area contributed by atoms with E-state index in [1.165, 1.54) is 18.4 Å². The molecule has 1 aliphatic rings. The number of aliphatic imine (C=N–C) groups is 1. The van der Waals surface area contributed by atoms with Crippen molar-refractivity contribution in [2.75, 3.05) is 26.7 Å². The molecular formula is C19H29F3N4. The Morgan fingerprint density at radius 3 is 2.31 bits per heavy atom. The SMILES string of the molecule is CN=C(NCCC(F)(F)F)NCc1ccc(CN2CCC(C)CC2)cc1. The third-order valence-electron chi connectivity index (χ3n) is 4.69. The van der Waals surface area contributed by atoms with E-state index in [-0.39, 0.29) is 6.54 Å². The van der Waals surface area contributed by atoms with Gasteiger partial charge in [0.05, 0.1) is 6.42 Å². The van der Waals surface area contributed by atoms with Crippen molar-refractivity contribution in [2.45, 2.75) is 45.5 Å². The highest BCUT2D eigenvalue weighted by Crippen LogP contribution is 2.19. The molecule has 0 aliphatic carbocycles. The topological polar surface area (TPSA) is 39.7 Å². The summed E-state index contributed by atoms with van der Waals surface area (Å²) in [5, 5.41) is 5.72. The molecule has 0 aromatic heterocycles. The maximum absolute atomic E-state index is 12.2. The molecule has 0 bridgehead atoms. The van der Waals surface area contributed by atoms with Gasteiger partial charge in [-0.15, -0.1) is 0 Å². The predicted molar refractivity (Wildman–Crippen MR) is 99.0 cm³/mol. The third-order valence-corrected chi connectivity index (χ3v) is 4.69. The minimum absolute atomic E-state index is 0.184. The van der Waals surface area contributed by atoms with Crippen LogP contribution in [0.5, 0.6) is 0 Å². The zero-order valence-corrected chi connectivity index (χ0v) is 15.6. The highest BCUT2D eigenvalue weighted by atomic mass is 19.4. The second-order valence-corrected chi connectivity index (χ2v) is 6.99. The minimum atomic E-state index is -4.16. The molecule has 26 heavy (non-hydrogen) atoms. The molecule has 1 fully saturated rings. The number of benzene rings is 1. The number of hydrogen-bond donors (Lipinski definition) is 2. The molecule has 2 rings (SSSR count). The van der Waals surface area contributed by atoms with E-state index in [1.54, 1.807) is 7.05 Å². The Morgan fingerprint density at radius 2 is 1.73 bits per heavy atom. The molecule has 1 aromatic rings. The fourth-order valence-corrected chi connectivity index (χ4v) is 2.97. The van der Waals surface area contributed by atoms with Crippen molar-refractivity contribution in [1.29, 1.82) is 0 Å². The summed E-state index contributed by atoms with van der Waals surface area (Å²) < 4.78 is 36.5. The highest BCUT2D eigenvalue weighted by molar-refractivity contribution is 5.79. The van der Waals surface area contributed by atoms with E-state index < -0.39 is 12.6 Å². The van der Waals surface area contributed by atoms with Crippen molar-refractivity contribution in [3.8, 4) is 0 Å². The quantitative estimate of drug-likeness (QED) is 0.594. The zero-order valence-electron chi connectivity index (χ0n) is 15.6. The fraction of sp³-hybridized carbons (Fsp3) is 0.632. The number of rotatable bonds is 6. The number of alkyl halides is 3. The summed E-state index contributed by atoms with van der Waals surface area (Å²) in [5.74, 6) is 1.21. The largest absolute Gasteiger partial charge is 0.390 e. The van der Waals surface area contributed by atoms with Crippen LogP contribution in [0, 0.1) is 5.92 Å². The Labute approximate surface area is 153 Å². The molecule has 7 heteroatoms. The van der Waals surface area contributed by atoms with Crippen LogP contribution in [0.3, 0.4) is 0 Å². The van der Waals surface area contributed by atoms with Gasteiger partial charge in [-0.3, -0.25) is 9.89 Å². The molecule has 2 N–H and O–H groups in total. The van der Waals surface area contributed by atoms with Gasteiger partial charge in [0.15, 0.2) is 5.96 Å². The summed E-state index contributed by atoms with van der Waals surface area (Å²) in [7, 11) is 1.55. The summed E-state index contributed by atoms with van der Waals surface area (Å²) in [6.45, 7) is 5.94. The van der Waals surface area contributed by atoms with Crippen LogP contribution in [-0.2, 0) is 13.1 Å². The Bertz CT molecular complexity index is 561. The molecular weight excluding hydrogens is 341 g/mol. The molecule has 1 aromatic carbocycles. The van der Waals surface area contributed by atoms with Gasteiger partial charge in [-0.05, 0) is 43.0 Å². The molecule has 0 spiro atoms. The maximum Gasteiger partial charge on any atom is 0.390 e. The predicted octanol–water partition coefficient (Wildman–Crippen LogP) is 3.54. The molecule has 0 saturated carbocycles. The van der Waals surface area contributed by atoms with Crippen LogP contribution < -0.4 is 10.6 Å². The number of guanidine groups is 1. The molecule has 4 nitrogen and oxygen atoms in total. The fourth-order valence-electron chi connectivity index (χ4n) is 2.97. The zero-order chi connectivity index (χ0) is 19.0. The van der Waals surface area contributed by atoms with E-state index in [1.807, 2.05) is 0 Å². The Hall–Kier alpha value is -1.76. The summed E-state index contributed by atoms with van der Waals surface area (Å²) in [5.41, 5.74) is 2.36. The molecule has 0 atom stereocenters. The normalized spacial score (nSPS) is 17.3. The van der Waals surface area contributed by atoms with E-state index >= 15 is 0 Å². The molecule has 1 aliphatic heterocycles. The lowest BCUT2D eigenvalue weighted by atomic mass is 9.99. The van der Waals surface area contributed by atoms with Gasteiger partial charge in [-0.25, -0.2) is 0 Å². The second-order valence-electron chi connectivity index (χ2n) is 6.99. The first-order valence-electron chi connectivity index (χ1n) is 9.17. The van der Waals surface area contributed by atoms with Gasteiger partial charge in [-0.1, -0.05) is 31.2 Å². The van der Waals surface area contributed by atoms with Gasteiger partial charge in [0, 0.05) is 26.7 Å². The third kappa shape index (κ3) is 7.64. The van der Waals surface area contributed by atoms with Crippen molar-refractivity contribution < 1.29 is 13.2 Å². The average molecular weight is 370 g/mol. The van der Waals surface area contributed by atoms with Crippen molar-refractivity contribution in [3.05, 3.63) is 35.4 Å². The molecule has 1 saturated heterocycles. The maximum atomic E-state index is 12.2. The molecule has 0 radical (unpaired) electrons. The van der Waals surface area contributed by atoms with Crippen LogP contribution in [0.15, 0.2) is 29.3 Å². The van der Waals surface area contributed by atoms with Gasteiger partial charge in [0.2, 0.25) is 0 Å². The Morgan fingerprint density at radius 1 is 1.12 bits per heavy atom. The molecule has 146 valence electrons. The van der Waals surface area contributed by atoms with Gasteiger partial charge >= 0.3 is 6.18 Å². The van der Waals surface area contributed by atoms with Gasteiger partial charge in [-0.2, -0.15) is 13.2 Å². The summed E-state index contributed by atoms with van der Waals surface area (Å²) >= 11 is 0. The molecule has 0 unspecified atom stereocenters. The minimum Gasteiger partial charge on any atom is -0.356 e. The number of nitrogens with one attached hydrogen (secondary N) is 2. The Balaban J connectivity index is 1.74. The first-order valence-corrected chi connectivity index (χ1v) is 9.17. The summed E-state index contributed by atoms with van der Waals surface area (Å²) in [4.78, 5) is 6.43. The van der Waals surface area contributed by atoms with Crippen LogP contribution in [0.25, 0.3) is 0 Å². The van der Waals surface area contributed by atoms with Crippen LogP contribution in [-0.4, -0.2) is 43.7 Å². The van der Waals surface area contributed by atoms with Gasteiger partial charge < -0.3 is 10.6 Å². The standard InChI is InChI=1S/C19H29F3N4/c1-15-7-11-26(12-8-15)14-17-5-3-16(4-6-17)13-25-18(23-2)24-10-9-19(20,21)22/h3-6,15H,7-14H2,1-2H3,(H2,23,24,25). The van der Waals surface area contributed by atoms with E-state index in [0.717, 1.165) is 31.1 Å². The lowest BCUT2D eigenvalue weighted by Gasteiger charge is -2.30. The van der Waals surface area contributed by atoms with E-state index in [4.69, 9.17) is 0 Å². The van der Waals surface area contributed by atoms with Crippen LogP contribution in [0.4, 0.5) is 13.2 Å². The lowest BCUT2D eigenvalue weighted by Crippen LogP contribution is -2.38. The van der Waals surface area contributed by atoms with E-state index in [2.05, 4.69) is 51.7 Å². The summed E-state index contributed by atoms with van der Waals surface area (Å²) in [6.07, 6.45) is -2.50. The second kappa shape index (κ2) is 9.80. The van der Waals surface area contributed by atoms with Crippen LogP contribution in [0.1, 0.15) is 37.3 Å². The smallest absolute Gasteiger partial charge is 0.356 e. The van der Waals surface area contributed by atoms with Crippen LogP contribution in [0.2, 0.25) is 0 Å². The average Bonchev–Trinajstić information content (AvgIpc) is 2.60. The lowest BCUT2D eigenvalue weighted by molar-refractivity contribution is -0.132. The number of likely N-dealkylation sites (tertiary alicyclic amines) is 1. The van der Waals surface area contributed by atoms with Gasteiger partial charge in [0.1, 0.15) is 0 Å². The highest BCUT2D eigenvalue weighted by Gasteiger charge is 2.26. The van der Waals surface area contributed by atoms with E-state index in [0.29, 0.717) is 12.5 Å². The number of nitrogens with zero attached hydrogens (tertiary/aromatic N) is 2. The first-order chi connectivity index (χ1) is 12.4. The Kier molecular flexibility index (Phi) is 7.75. The monoisotopic (exact) mass is 370 g/mol. The molecule has 0 amide bonds. The van der Waals surface area contributed by atoms with E-state index in [9.17, 15) is 13.2 Å². The number of hydrogen-bond acceptors (Lipinski definition) is 2. The number of halogens is 3. The van der Waals surface area contributed by atoms with Crippen molar-refractivity contribution in [1.82, 2.24) is 15.5 Å². The first kappa shape index (κ1) is 20.6. The number of piperidine rings is 1. The van der Waals surface area contributed by atoms with Crippen molar-refractivity contribution in [3.63, 3.8) is 0 Å². The van der Waals surface area contributed by atoms with Crippen molar-refractivity contribution >= 4 is 5.96 Å². The molecule has 1 heterocycles. The van der Waals surface area contributed by atoms with Crippen molar-refractivity contribution in [2.24, 2.45) is 10.9 Å². The van der Waals surface area contributed by atoms with Crippen LogP contribution >= 0.6 is 0 Å². The van der Waals surface area contributed by atoms with Gasteiger partial charge in [0.25, 0.3) is 0 Å². The summed E-state index contributed by atoms with van der Waals surface area (Å²) in [6, 6.07) is 8.35.